The van der Waals surface area contributed by atoms with E-state index in [-0.39, 0.29) is 27.4 Å². The van der Waals surface area contributed by atoms with Gasteiger partial charge in [0, 0.05) is 18.3 Å². The maximum atomic E-state index is 13.0. The van der Waals surface area contributed by atoms with Crippen LogP contribution in [0.5, 0.6) is 11.5 Å². The number of ether oxygens (including phenoxy) is 2. The van der Waals surface area contributed by atoms with Gasteiger partial charge in [-0.05, 0) is 54.4 Å². The van der Waals surface area contributed by atoms with Gasteiger partial charge in [0.1, 0.15) is 11.8 Å². The minimum absolute atomic E-state index is 0.0972. The number of esters is 1. The molecule has 3 aromatic rings. The second-order valence-electron chi connectivity index (χ2n) is 7.50. The lowest BCUT2D eigenvalue weighted by atomic mass is 9.98. The molecule has 0 fully saturated rings. The lowest BCUT2D eigenvalue weighted by molar-refractivity contribution is -0.129. The molecule has 0 saturated carbocycles. The van der Waals surface area contributed by atoms with Gasteiger partial charge in [0.15, 0.2) is 5.75 Å². The van der Waals surface area contributed by atoms with Gasteiger partial charge in [-0.1, -0.05) is 23.2 Å². The van der Waals surface area contributed by atoms with Crippen LogP contribution in [0.1, 0.15) is 15.9 Å². The van der Waals surface area contributed by atoms with Gasteiger partial charge in [0.25, 0.3) is 5.91 Å². The second-order valence-corrected chi connectivity index (χ2v) is 8.32. The fourth-order valence-electron chi connectivity index (χ4n) is 3.50. The van der Waals surface area contributed by atoms with Crippen molar-refractivity contribution in [2.45, 2.75) is 6.42 Å². The Balaban J connectivity index is 1.50. The van der Waals surface area contributed by atoms with E-state index in [1.807, 2.05) is 6.07 Å². The number of fused-ring (bicyclic) bond motifs is 1. The molecule has 0 unspecified atom stereocenters. The number of nitrogens with zero attached hydrogens (tertiary/aromatic N) is 4. The van der Waals surface area contributed by atoms with Crippen molar-refractivity contribution >= 4 is 58.3 Å². The van der Waals surface area contributed by atoms with E-state index >= 15 is 0 Å². The van der Waals surface area contributed by atoms with Crippen molar-refractivity contribution in [2.75, 3.05) is 16.9 Å². The zero-order chi connectivity index (χ0) is 26.5. The smallest absolute Gasteiger partial charge is 0.412 e. The summed E-state index contributed by atoms with van der Waals surface area (Å²) < 4.78 is 10.0. The van der Waals surface area contributed by atoms with Crippen molar-refractivity contribution in [2.24, 2.45) is 10.8 Å². The summed E-state index contributed by atoms with van der Waals surface area (Å²) in [6.45, 7) is 0.487. The number of hydrazone groups is 1. The molecule has 0 spiro atoms. The molecule has 4 rings (SSSR count). The molecule has 186 valence electrons. The number of rotatable bonds is 6. The highest BCUT2D eigenvalue weighted by Gasteiger charge is 2.26. The zero-order valence-corrected chi connectivity index (χ0v) is 20.3. The fourth-order valence-corrected chi connectivity index (χ4v) is 4.07. The Hall–Kier alpha value is -4.66. The van der Waals surface area contributed by atoms with E-state index in [4.69, 9.17) is 38.9 Å². The quantitative estimate of drug-likeness (QED) is 0.203. The number of anilines is 2. The molecule has 37 heavy (non-hydrogen) atoms. The van der Waals surface area contributed by atoms with Crippen LogP contribution < -0.4 is 20.8 Å². The number of hydrogen-bond acceptors (Lipinski definition) is 9. The molecule has 11 nitrogen and oxygen atoms in total. The maximum Gasteiger partial charge on any atom is 0.412 e. The van der Waals surface area contributed by atoms with Crippen molar-refractivity contribution in [3.05, 3.63) is 76.0 Å². The maximum absolute atomic E-state index is 13.0. The molecule has 2 heterocycles. The summed E-state index contributed by atoms with van der Waals surface area (Å²) in [7, 11) is 0. The first-order valence-electron chi connectivity index (χ1n) is 10.5. The number of aromatic nitrogens is 1. The van der Waals surface area contributed by atoms with Crippen LogP contribution >= 0.6 is 23.2 Å². The molecule has 0 aliphatic carbocycles. The van der Waals surface area contributed by atoms with Crippen molar-refractivity contribution in [3.8, 4) is 17.6 Å². The van der Waals surface area contributed by atoms with E-state index in [1.165, 1.54) is 18.2 Å². The zero-order valence-electron chi connectivity index (χ0n) is 18.8. The van der Waals surface area contributed by atoms with Crippen LogP contribution in [0.3, 0.4) is 0 Å². The van der Waals surface area contributed by atoms with E-state index in [0.29, 0.717) is 24.3 Å². The molecule has 2 aromatic carbocycles. The van der Waals surface area contributed by atoms with Gasteiger partial charge < -0.3 is 20.1 Å². The Kier molecular flexibility index (Phi) is 7.52. The first-order chi connectivity index (χ1) is 17.8. The molecule has 1 aromatic heterocycles. The van der Waals surface area contributed by atoms with Gasteiger partial charge in [-0.25, -0.2) is 9.59 Å². The second kappa shape index (κ2) is 10.9. The number of pyridine rings is 1. The normalized spacial score (nSPS) is 12.8. The van der Waals surface area contributed by atoms with Crippen molar-refractivity contribution in [3.63, 3.8) is 0 Å². The summed E-state index contributed by atoms with van der Waals surface area (Å²) in [5, 5.41) is 12.8. The van der Waals surface area contributed by atoms with Crippen LogP contribution in [-0.2, 0) is 16.0 Å². The van der Waals surface area contributed by atoms with Gasteiger partial charge in [-0.15, -0.1) is 0 Å². The molecule has 0 saturated heterocycles. The van der Waals surface area contributed by atoms with Crippen LogP contribution in [0.2, 0.25) is 10.0 Å². The largest absolute Gasteiger partial charge is 0.454 e. The van der Waals surface area contributed by atoms with Crippen LogP contribution in [0.4, 0.5) is 16.2 Å². The third kappa shape index (κ3) is 5.78. The summed E-state index contributed by atoms with van der Waals surface area (Å²) in [6.07, 6.45) is 2.52. The number of primary amides is 1. The molecule has 13 heteroatoms. The number of hydrogen-bond donors (Lipinski definition) is 2. The number of nitrogens with one attached hydrogen (secondary N) is 1. The summed E-state index contributed by atoms with van der Waals surface area (Å²) in [6, 6.07) is 12.9. The third-order valence-electron chi connectivity index (χ3n) is 5.12. The van der Waals surface area contributed by atoms with Gasteiger partial charge >= 0.3 is 12.1 Å². The third-order valence-corrected chi connectivity index (χ3v) is 5.68. The lowest BCUT2D eigenvalue weighted by Crippen LogP contribution is -2.37. The van der Waals surface area contributed by atoms with Gasteiger partial charge in [0.2, 0.25) is 5.71 Å². The molecule has 1 aliphatic rings. The minimum atomic E-state index is -1.38. The highest BCUT2D eigenvalue weighted by atomic mass is 35.5. The number of nitrogens with two attached hydrogens (primary N) is 1. The van der Waals surface area contributed by atoms with Gasteiger partial charge in [-0.3, -0.25) is 15.2 Å². The summed E-state index contributed by atoms with van der Waals surface area (Å²) in [5.74, 6) is -0.895. The highest BCUT2D eigenvalue weighted by Crippen LogP contribution is 2.39. The Morgan fingerprint density at radius 1 is 1.19 bits per heavy atom. The number of amides is 2. The lowest BCUT2D eigenvalue weighted by Gasteiger charge is -2.28. The van der Waals surface area contributed by atoms with Gasteiger partial charge in [-0.2, -0.15) is 10.4 Å². The Labute approximate surface area is 220 Å². The molecule has 0 bridgehead atoms. The predicted molar refractivity (Wildman–Crippen MR) is 135 cm³/mol. The highest BCUT2D eigenvalue weighted by molar-refractivity contribution is 6.44. The van der Waals surface area contributed by atoms with E-state index < -0.39 is 17.8 Å². The van der Waals surface area contributed by atoms with Crippen LogP contribution in [0.15, 0.2) is 60.0 Å². The average Bonchev–Trinajstić information content (AvgIpc) is 2.87. The van der Waals surface area contributed by atoms with Gasteiger partial charge in [0.05, 0.1) is 27.6 Å². The minimum Gasteiger partial charge on any atom is -0.454 e. The summed E-state index contributed by atoms with van der Waals surface area (Å²) >= 11 is 12.7. The molecule has 0 radical (unpaired) electrons. The fraction of sp³-hybridized carbons (Fsp3) is 0.0833. The number of benzene rings is 2. The summed E-state index contributed by atoms with van der Waals surface area (Å²) in [4.78, 5) is 41.0. The molecule has 2 amide bonds. The number of halogens is 2. The molecule has 0 atom stereocenters. The van der Waals surface area contributed by atoms with Crippen molar-refractivity contribution in [1.29, 1.82) is 5.26 Å². The molecular weight excluding hydrogens is 523 g/mol. The summed E-state index contributed by atoms with van der Waals surface area (Å²) in [5.41, 5.74) is 8.74. The molecule has 3 N–H and O–H groups in total. The topological polar surface area (TPSA) is 160 Å². The van der Waals surface area contributed by atoms with Crippen molar-refractivity contribution in [1.82, 2.24) is 4.98 Å². The Morgan fingerprint density at radius 3 is 2.59 bits per heavy atom. The number of nitriles is 1. The van der Waals surface area contributed by atoms with E-state index in [1.54, 1.807) is 41.6 Å². The first kappa shape index (κ1) is 25.4. The molecule has 1 aliphatic heterocycles. The van der Waals surface area contributed by atoms with Crippen molar-refractivity contribution < 1.29 is 23.9 Å². The monoisotopic (exact) mass is 538 g/mol. The average molecular weight is 539 g/mol. The number of carbonyl (C=O) groups excluding carboxylic acids is 3. The van der Waals surface area contributed by atoms with E-state index in [0.717, 1.165) is 11.3 Å². The standard InChI is InChI=1S/C24H16Cl2N6O5/c25-18-9-14(30-31-20(11-27)23(34)37-24(28)35)10-19(26)21(18)36-16-3-4-17-13(8-16)5-7-32(22(17)33)15-2-1-6-29-12-15/h1-4,6,8-10,12,30H,5,7H2,(H2,28,35). The van der Waals surface area contributed by atoms with Crippen LogP contribution in [0.25, 0.3) is 0 Å². The van der Waals surface area contributed by atoms with Crippen LogP contribution in [-0.4, -0.2) is 35.2 Å². The van der Waals surface area contributed by atoms with Crippen LogP contribution in [0, 0.1) is 11.3 Å². The Bertz CT molecular complexity index is 1450. The SMILES string of the molecule is N#CC(=NNc1cc(Cl)c(Oc2ccc3c(c2)CCN(c2cccnc2)C3=O)c(Cl)c1)C(=O)OC(N)=O. The van der Waals surface area contributed by atoms with E-state index in [2.05, 4.69) is 20.2 Å². The predicted octanol–water partition coefficient (Wildman–Crippen LogP) is 4.30. The number of carbonyl (C=O) groups is 3. The Morgan fingerprint density at radius 2 is 1.95 bits per heavy atom. The molecular formula is C24H16Cl2N6O5. The first-order valence-corrected chi connectivity index (χ1v) is 11.3. The van der Waals surface area contributed by atoms with E-state index in [9.17, 15) is 14.4 Å².